The Morgan fingerprint density at radius 1 is 0.771 bits per heavy atom. The molecule has 48 heavy (non-hydrogen) atoms. The zero-order valence-electron chi connectivity index (χ0n) is 25.9. The highest BCUT2D eigenvalue weighted by Crippen LogP contribution is 2.31. The number of halogens is 2. The normalized spacial score (nSPS) is 11.7. The number of amides is 2. The summed E-state index contributed by atoms with van der Waals surface area (Å²) in [4.78, 5) is 61.7. The Labute approximate surface area is 287 Å². The predicted molar refractivity (Wildman–Crippen MR) is 175 cm³/mol. The number of ether oxygens (including phenoxy) is 3. The van der Waals surface area contributed by atoms with E-state index >= 15 is 0 Å². The first-order valence-corrected chi connectivity index (χ1v) is 16.6. The van der Waals surface area contributed by atoms with Crippen molar-refractivity contribution in [3.63, 3.8) is 0 Å². The van der Waals surface area contributed by atoms with Gasteiger partial charge in [-0.1, -0.05) is 97.7 Å². The number of alkyl carbamates (subject to hydrolysis) is 1. The minimum atomic E-state index is -4.44. The number of carbonyl (C=O) groups excluding carboxylic acids is 5. The van der Waals surface area contributed by atoms with Gasteiger partial charge in [0.25, 0.3) is 0 Å². The van der Waals surface area contributed by atoms with Crippen LogP contribution in [0.15, 0.2) is 77.7 Å². The Hall–Kier alpha value is -4.50. The highest BCUT2D eigenvalue weighted by molar-refractivity contribution is 7.89. The lowest BCUT2D eigenvalue weighted by Gasteiger charge is -2.21. The van der Waals surface area contributed by atoms with Crippen molar-refractivity contribution in [1.82, 2.24) is 15.4 Å². The molecular weight excluding hydrogens is 689 g/mol. The Kier molecular flexibility index (Phi) is 14.4. The molecule has 0 aliphatic rings. The third-order valence-corrected chi connectivity index (χ3v) is 8.72. The smallest absolute Gasteiger partial charge is 0.408 e. The average Bonchev–Trinajstić information content (AvgIpc) is 3.06. The van der Waals surface area contributed by atoms with Crippen LogP contribution in [0.2, 0.25) is 10.0 Å². The van der Waals surface area contributed by atoms with E-state index in [1.807, 2.05) is 10.8 Å². The second-order valence-electron chi connectivity index (χ2n) is 10.5. The molecule has 256 valence electrons. The summed E-state index contributed by atoms with van der Waals surface area (Å²) >= 11 is 12.3. The number of hydrogen-bond acceptors (Lipinski definition) is 10. The van der Waals surface area contributed by atoms with Crippen molar-refractivity contribution < 1.29 is 46.6 Å². The maximum absolute atomic E-state index is 12.9. The quantitative estimate of drug-likeness (QED) is 0.145. The largest absolute Gasteiger partial charge is 0.460 e. The summed E-state index contributed by atoms with van der Waals surface area (Å²) in [5.74, 6) is -3.87. The zero-order valence-corrected chi connectivity index (χ0v) is 28.2. The molecule has 13 nitrogen and oxygen atoms in total. The van der Waals surface area contributed by atoms with E-state index in [1.165, 1.54) is 0 Å². The molecule has 0 radical (unpaired) electrons. The summed E-state index contributed by atoms with van der Waals surface area (Å²) in [6, 6.07) is 18.7. The number of Topliss-reactive ketones (excluding diaryl/α,β-unsaturated/α-hetero) is 1. The number of sulfonamides is 1. The van der Waals surface area contributed by atoms with Gasteiger partial charge in [0.1, 0.15) is 30.7 Å². The molecule has 0 saturated heterocycles. The van der Waals surface area contributed by atoms with Crippen molar-refractivity contribution in [2.24, 2.45) is 5.92 Å². The molecule has 0 saturated carbocycles. The van der Waals surface area contributed by atoms with Gasteiger partial charge in [-0.2, -0.15) is 4.72 Å². The van der Waals surface area contributed by atoms with Crippen LogP contribution in [0.4, 0.5) is 4.79 Å². The number of carbonyl (C=O) groups is 5. The first-order valence-electron chi connectivity index (χ1n) is 14.4. The Bertz CT molecular complexity index is 1720. The lowest BCUT2D eigenvalue weighted by atomic mass is 10.0. The Balaban J connectivity index is 1.51. The molecule has 1 unspecified atom stereocenters. The van der Waals surface area contributed by atoms with Crippen LogP contribution >= 0.6 is 23.2 Å². The Morgan fingerprint density at radius 3 is 1.94 bits per heavy atom. The zero-order chi connectivity index (χ0) is 35.3. The fourth-order valence-corrected chi connectivity index (χ4v) is 5.82. The number of benzene rings is 3. The first kappa shape index (κ1) is 38.0. The lowest BCUT2D eigenvalue weighted by molar-refractivity contribution is -0.143. The monoisotopic (exact) mass is 721 g/mol. The molecule has 3 aromatic carbocycles. The summed E-state index contributed by atoms with van der Waals surface area (Å²) in [6.07, 6.45) is -0.829. The molecule has 0 spiro atoms. The molecular formula is C32H33Cl2N3O10S. The molecule has 0 heterocycles. The minimum Gasteiger partial charge on any atom is -0.460 e. The van der Waals surface area contributed by atoms with Crippen LogP contribution < -0.4 is 15.4 Å². The summed E-state index contributed by atoms with van der Waals surface area (Å²) in [7, 11) is -4.44. The summed E-state index contributed by atoms with van der Waals surface area (Å²) in [6.45, 7) is 1.17. The van der Waals surface area contributed by atoms with Gasteiger partial charge in [-0.25, -0.2) is 18.0 Å². The van der Waals surface area contributed by atoms with E-state index in [9.17, 15) is 32.4 Å². The van der Waals surface area contributed by atoms with E-state index < -0.39 is 81.0 Å². The van der Waals surface area contributed by atoms with Crippen molar-refractivity contribution in [3.05, 3.63) is 99.5 Å². The molecule has 1 atom stereocenters. The molecule has 0 bridgehead atoms. The maximum Gasteiger partial charge on any atom is 0.408 e. The molecule has 16 heteroatoms. The van der Waals surface area contributed by atoms with Gasteiger partial charge in [-0.3, -0.25) is 14.4 Å². The van der Waals surface area contributed by atoms with Gasteiger partial charge in [0.05, 0.1) is 22.2 Å². The maximum atomic E-state index is 12.9. The van der Waals surface area contributed by atoms with Crippen molar-refractivity contribution in [3.8, 4) is 0 Å². The molecule has 3 N–H and O–H groups in total. The summed E-state index contributed by atoms with van der Waals surface area (Å²) in [5.41, 5.74) is 0.914. The highest BCUT2D eigenvalue weighted by Gasteiger charge is 2.28. The van der Waals surface area contributed by atoms with Crippen molar-refractivity contribution in [1.29, 1.82) is 0 Å². The number of esters is 2. The second-order valence-corrected chi connectivity index (χ2v) is 13.0. The van der Waals surface area contributed by atoms with E-state index in [0.29, 0.717) is 5.56 Å². The van der Waals surface area contributed by atoms with Crippen LogP contribution in [0.25, 0.3) is 0 Å². The molecule has 0 aromatic heterocycles. The molecule has 2 amide bonds. The molecule has 0 fully saturated rings. The van der Waals surface area contributed by atoms with Gasteiger partial charge in [0.2, 0.25) is 15.9 Å². The summed E-state index contributed by atoms with van der Waals surface area (Å²) in [5, 5.41) is 3.96. The lowest BCUT2D eigenvalue weighted by Crippen LogP contribution is -2.50. The number of hydrogen-bond donors (Lipinski definition) is 3. The third-order valence-electron chi connectivity index (χ3n) is 6.46. The highest BCUT2D eigenvalue weighted by atomic mass is 35.5. The number of nitrogens with one attached hydrogen (secondary N) is 3. The minimum absolute atomic E-state index is 0.00777. The number of ketones is 1. The third kappa shape index (κ3) is 11.6. The fraction of sp³-hybridized carbons (Fsp3) is 0.281. The van der Waals surface area contributed by atoms with Crippen LogP contribution in [-0.2, 0) is 51.8 Å². The summed E-state index contributed by atoms with van der Waals surface area (Å²) < 4.78 is 43.0. The SMILES string of the molecule is CC(C)C(NC(=O)OCc1ccccc1)C(=O)NCC(=O)COC(=O)c1c(Cl)ccc(S(=O)(=O)NCC(=O)OCc2ccccc2)c1Cl. The molecule has 0 aliphatic heterocycles. The van der Waals surface area contributed by atoms with E-state index in [0.717, 1.165) is 17.7 Å². The Morgan fingerprint density at radius 2 is 1.35 bits per heavy atom. The van der Waals surface area contributed by atoms with Gasteiger partial charge < -0.3 is 24.8 Å². The van der Waals surface area contributed by atoms with Crippen molar-refractivity contribution in [2.45, 2.75) is 38.0 Å². The molecule has 3 rings (SSSR count). The van der Waals surface area contributed by atoms with Crippen LogP contribution in [0.5, 0.6) is 0 Å². The van der Waals surface area contributed by atoms with Crippen LogP contribution in [0.3, 0.4) is 0 Å². The predicted octanol–water partition coefficient (Wildman–Crippen LogP) is 3.81. The topological polar surface area (TPSA) is 183 Å². The second kappa shape index (κ2) is 18.2. The van der Waals surface area contributed by atoms with E-state index in [4.69, 9.17) is 37.4 Å². The van der Waals surface area contributed by atoms with Gasteiger partial charge in [-0.05, 0) is 29.2 Å². The molecule has 0 aliphatic carbocycles. The van der Waals surface area contributed by atoms with Gasteiger partial charge in [-0.15, -0.1) is 0 Å². The van der Waals surface area contributed by atoms with Crippen LogP contribution in [0.1, 0.15) is 35.3 Å². The standard InChI is InChI=1S/C32H33Cl2N3O10S/c1-20(2)29(37-32(42)47-18-22-11-7-4-8-12-22)30(40)35-15-23(38)19-46-31(41)27-24(33)13-14-25(28(27)34)48(43,44)36-16-26(39)45-17-21-9-5-3-6-10-21/h3-14,20,29,36H,15-19H2,1-2H3,(H,35,40)(H,37,42). The van der Waals surface area contributed by atoms with E-state index in [2.05, 4.69) is 10.6 Å². The van der Waals surface area contributed by atoms with Gasteiger partial charge in [0, 0.05) is 0 Å². The van der Waals surface area contributed by atoms with Crippen molar-refractivity contribution in [2.75, 3.05) is 19.7 Å². The van der Waals surface area contributed by atoms with Gasteiger partial charge in [0.15, 0.2) is 12.4 Å². The van der Waals surface area contributed by atoms with Gasteiger partial charge >= 0.3 is 18.0 Å². The van der Waals surface area contributed by atoms with E-state index in [1.54, 1.807) is 68.4 Å². The van der Waals surface area contributed by atoms with Crippen molar-refractivity contribution >= 4 is 62.9 Å². The van der Waals surface area contributed by atoms with Crippen LogP contribution in [-0.4, -0.2) is 63.9 Å². The fourth-order valence-electron chi connectivity index (χ4n) is 3.94. The van der Waals surface area contributed by atoms with Crippen LogP contribution in [0, 0.1) is 5.92 Å². The first-order chi connectivity index (χ1) is 22.8. The molecule has 3 aromatic rings. The average molecular weight is 723 g/mol. The number of rotatable bonds is 16. The van der Waals surface area contributed by atoms with E-state index in [-0.39, 0.29) is 24.2 Å².